The lowest BCUT2D eigenvalue weighted by atomic mass is 9.95. The number of carbonyl (C=O) groups is 2. The maximum absolute atomic E-state index is 12.2. The Labute approximate surface area is 135 Å². The minimum absolute atomic E-state index is 0.0957. The van der Waals surface area contributed by atoms with Crippen LogP contribution in [0.4, 0.5) is 11.4 Å². The number of anilines is 2. The summed E-state index contributed by atoms with van der Waals surface area (Å²) in [6.07, 6.45) is 1.41. The molecule has 1 aromatic carbocycles. The molecule has 0 bridgehead atoms. The zero-order valence-corrected chi connectivity index (χ0v) is 13.9. The molecule has 1 saturated heterocycles. The van der Waals surface area contributed by atoms with Crippen molar-refractivity contribution in [1.82, 2.24) is 0 Å². The Morgan fingerprint density at radius 3 is 2.73 bits per heavy atom. The SMILES string of the molecule is COc1cc(NC(=O)C(C)(C)CCl)ccc1N1CCCC1=O. The highest BCUT2D eigenvalue weighted by Gasteiger charge is 2.28. The van der Waals surface area contributed by atoms with Crippen molar-refractivity contribution in [3.8, 4) is 5.75 Å². The van der Waals surface area contributed by atoms with Crippen LogP contribution in [0.3, 0.4) is 0 Å². The predicted octanol–water partition coefficient (Wildman–Crippen LogP) is 3.03. The second kappa shape index (κ2) is 6.57. The number of carbonyl (C=O) groups excluding carboxylic acids is 2. The third-order valence-electron chi connectivity index (χ3n) is 3.75. The number of ether oxygens (including phenoxy) is 1. The molecule has 22 heavy (non-hydrogen) atoms. The van der Waals surface area contributed by atoms with Gasteiger partial charge in [-0.1, -0.05) is 0 Å². The van der Waals surface area contributed by atoms with Crippen LogP contribution >= 0.6 is 11.6 Å². The topological polar surface area (TPSA) is 58.6 Å². The number of nitrogens with zero attached hydrogens (tertiary/aromatic N) is 1. The second-order valence-electron chi connectivity index (χ2n) is 6.01. The predicted molar refractivity (Wildman–Crippen MR) is 87.7 cm³/mol. The van der Waals surface area contributed by atoms with Crippen molar-refractivity contribution in [3.05, 3.63) is 18.2 Å². The summed E-state index contributed by atoms with van der Waals surface area (Å²) in [6, 6.07) is 5.29. The monoisotopic (exact) mass is 324 g/mol. The Morgan fingerprint density at radius 2 is 2.18 bits per heavy atom. The molecule has 0 atom stereocenters. The van der Waals surface area contributed by atoms with Gasteiger partial charge in [-0.3, -0.25) is 9.59 Å². The molecule has 0 unspecified atom stereocenters. The summed E-state index contributed by atoms with van der Waals surface area (Å²) in [4.78, 5) is 25.7. The van der Waals surface area contributed by atoms with E-state index in [1.165, 1.54) is 0 Å². The maximum Gasteiger partial charge on any atom is 0.231 e. The minimum Gasteiger partial charge on any atom is -0.494 e. The van der Waals surface area contributed by atoms with Crippen molar-refractivity contribution in [2.45, 2.75) is 26.7 Å². The molecule has 0 aromatic heterocycles. The number of hydrogen-bond donors (Lipinski definition) is 1. The Kier molecular flexibility index (Phi) is 4.96. The molecule has 1 N–H and O–H groups in total. The first-order chi connectivity index (χ1) is 10.4. The summed E-state index contributed by atoms with van der Waals surface area (Å²) in [5, 5.41) is 2.83. The lowest BCUT2D eigenvalue weighted by molar-refractivity contribution is -0.123. The number of hydrogen-bond acceptors (Lipinski definition) is 3. The number of alkyl halides is 1. The third kappa shape index (κ3) is 3.35. The Bertz CT molecular complexity index is 587. The van der Waals surface area contributed by atoms with E-state index in [0.717, 1.165) is 12.1 Å². The summed E-state index contributed by atoms with van der Waals surface area (Å²) in [5.41, 5.74) is 0.702. The van der Waals surface area contributed by atoms with Gasteiger partial charge in [0.2, 0.25) is 11.8 Å². The fourth-order valence-corrected chi connectivity index (χ4v) is 2.36. The van der Waals surface area contributed by atoms with Crippen molar-refractivity contribution in [1.29, 1.82) is 0 Å². The van der Waals surface area contributed by atoms with Gasteiger partial charge in [0.1, 0.15) is 5.75 Å². The van der Waals surface area contributed by atoms with Gasteiger partial charge in [0.25, 0.3) is 0 Å². The highest BCUT2D eigenvalue weighted by Crippen LogP contribution is 2.34. The fourth-order valence-electron chi connectivity index (χ4n) is 2.24. The van der Waals surface area contributed by atoms with Gasteiger partial charge < -0.3 is 15.0 Å². The lowest BCUT2D eigenvalue weighted by Gasteiger charge is -2.22. The number of benzene rings is 1. The van der Waals surface area contributed by atoms with E-state index in [1.54, 1.807) is 44.1 Å². The molecule has 6 heteroatoms. The van der Waals surface area contributed by atoms with Crippen LogP contribution in [0, 0.1) is 5.41 Å². The smallest absolute Gasteiger partial charge is 0.231 e. The second-order valence-corrected chi connectivity index (χ2v) is 6.27. The first kappa shape index (κ1) is 16.6. The van der Waals surface area contributed by atoms with Crippen molar-refractivity contribution < 1.29 is 14.3 Å². The molecule has 1 aliphatic heterocycles. The van der Waals surface area contributed by atoms with Gasteiger partial charge >= 0.3 is 0 Å². The van der Waals surface area contributed by atoms with Crippen molar-refractivity contribution in [3.63, 3.8) is 0 Å². The van der Waals surface area contributed by atoms with E-state index in [9.17, 15) is 9.59 Å². The van der Waals surface area contributed by atoms with Gasteiger partial charge in [0.05, 0.1) is 18.2 Å². The van der Waals surface area contributed by atoms with E-state index >= 15 is 0 Å². The molecule has 120 valence electrons. The molecule has 0 aliphatic carbocycles. The van der Waals surface area contributed by atoms with E-state index in [-0.39, 0.29) is 17.7 Å². The zero-order valence-electron chi connectivity index (χ0n) is 13.1. The fraction of sp³-hybridized carbons (Fsp3) is 0.500. The summed E-state index contributed by atoms with van der Waals surface area (Å²) >= 11 is 5.81. The quantitative estimate of drug-likeness (QED) is 0.847. The van der Waals surface area contributed by atoms with Crippen molar-refractivity contribution in [2.75, 3.05) is 29.8 Å². The standard InChI is InChI=1S/C16H21ClN2O3/c1-16(2,10-17)15(21)18-11-6-7-12(13(9-11)22-3)19-8-4-5-14(19)20/h6-7,9H,4-5,8,10H2,1-3H3,(H,18,21). The van der Waals surface area contributed by atoms with Gasteiger partial charge in [0, 0.05) is 30.6 Å². The van der Waals surface area contributed by atoms with Gasteiger partial charge in [-0.25, -0.2) is 0 Å². The molecule has 2 amide bonds. The Balaban J connectivity index is 2.22. The summed E-state index contributed by atoms with van der Waals surface area (Å²) in [7, 11) is 1.55. The van der Waals surface area contributed by atoms with Crippen LogP contribution < -0.4 is 15.0 Å². The summed E-state index contributed by atoms with van der Waals surface area (Å²) in [5.74, 6) is 0.737. The lowest BCUT2D eigenvalue weighted by Crippen LogP contribution is -2.32. The summed E-state index contributed by atoms with van der Waals surface area (Å²) in [6.45, 7) is 4.26. The Hall–Kier alpha value is -1.75. The number of halogens is 1. The van der Waals surface area contributed by atoms with Crippen LogP contribution in [-0.2, 0) is 9.59 Å². The highest BCUT2D eigenvalue weighted by molar-refractivity contribution is 6.20. The number of amides is 2. The molecule has 1 aliphatic rings. The zero-order chi connectivity index (χ0) is 16.3. The van der Waals surface area contributed by atoms with Gasteiger partial charge in [-0.2, -0.15) is 0 Å². The normalized spacial score (nSPS) is 15.1. The molecule has 2 rings (SSSR count). The van der Waals surface area contributed by atoms with Crippen LogP contribution in [0.15, 0.2) is 18.2 Å². The minimum atomic E-state index is -0.654. The molecule has 0 saturated carbocycles. The molecule has 1 heterocycles. The first-order valence-electron chi connectivity index (χ1n) is 7.25. The van der Waals surface area contributed by atoms with Crippen LogP contribution in [0.1, 0.15) is 26.7 Å². The maximum atomic E-state index is 12.2. The molecule has 0 radical (unpaired) electrons. The van der Waals surface area contributed by atoms with E-state index in [0.29, 0.717) is 24.4 Å². The largest absolute Gasteiger partial charge is 0.494 e. The van der Waals surface area contributed by atoms with E-state index in [1.807, 2.05) is 0 Å². The number of rotatable bonds is 5. The van der Waals surface area contributed by atoms with E-state index < -0.39 is 5.41 Å². The average molecular weight is 325 g/mol. The molecular formula is C16H21ClN2O3. The molecule has 1 fully saturated rings. The van der Waals surface area contributed by atoms with Crippen molar-refractivity contribution in [2.24, 2.45) is 5.41 Å². The molecular weight excluding hydrogens is 304 g/mol. The van der Waals surface area contributed by atoms with Crippen molar-refractivity contribution >= 4 is 34.8 Å². The van der Waals surface area contributed by atoms with Crippen LogP contribution in [0.5, 0.6) is 5.75 Å². The van der Waals surface area contributed by atoms with Gasteiger partial charge in [-0.15, -0.1) is 11.6 Å². The Morgan fingerprint density at radius 1 is 1.45 bits per heavy atom. The van der Waals surface area contributed by atoms with Crippen LogP contribution in [-0.4, -0.2) is 31.3 Å². The molecule has 1 aromatic rings. The van der Waals surface area contributed by atoms with E-state index in [2.05, 4.69) is 5.32 Å². The molecule has 0 spiro atoms. The van der Waals surface area contributed by atoms with Gasteiger partial charge in [-0.05, 0) is 32.4 Å². The molecule has 5 nitrogen and oxygen atoms in total. The summed E-state index contributed by atoms with van der Waals surface area (Å²) < 4.78 is 5.37. The number of nitrogens with one attached hydrogen (secondary N) is 1. The first-order valence-corrected chi connectivity index (χ1v) is 7.78. The van der Waals surface area contributed by atoms with Crippen LogP contribution in [0.25, 0.3) is 0 Å². The third-order valence-corrected chi connectivity index (χ3v) is 4.42. The van der Waals surface area contributed by atoms with E-state index in [4.69, 9.17) is 16.3 Å². The van der Waals surface area contributed by atoms with Gasteiger partial charge in [0.15, 0.2) is 0 Å². The highest BCUT2D eigenvalue weighted by atomic mass is 35.5. The van der Waals surface area contributed by atoms with Crippen LogP contribution in [0.2, 0.25) is 0 Å². The average Bonchev–Trinajstić information content (AvgIpc) is 2.93. The number of methoxy groups -OCH3 is 1.